The van der Waals surface area contributed by atoms with Gasteiger partial charge in [-0.05, 0) is 41.8 Å². The van der Waals surface area contributed by atoms with Crippen molar-refractivity contribution in [2.24, 2.45) is 0 Å². The number of hydrogen-bond acceptors (Lipinski definition) is 3. The van der Waals surface area contributed by atoms with E-state index in [9.17, 15) is 4.79 Å². The van der Waals surface area contributed by atoms with E-state index in [2.05, 4.69) is 9.97 Å². The van der Waals surface area contributed by atoms with Gasteiger partial charge in [-0.2, -0.15) is 0 Å². The number of rotatable bonds is 4. The van der Waals surface area contributed by atoms with E-state index < -0.39 is 0 Å². The van der Waals surface area contributed by atoms with Gasteiger partial charge in [0.2, 0.25) is 0 Å². The molecule has 2 aromatic heterocycles. The Morgan fingerprint density at radius 1 is 0.893 bits per heavy atom. The second-order valence-electron chi connectivity index (χ2n) is 6.83. The van der Waals surface area contributed by atoms with E-state index in [0.29, 0.717) is 12.1 Å². The van der Waals surface area contributed by atoms with Gasteiger partial charge in [0, 0.05) is 31.4 Å². The third-order valence-corrected chi connectivity index (χ3v) is 4.93. The first kappa shape index (κ1) is 17.9. The van der Waals surface area contributed by atoms with Crippen LogP contribution in [0.15, 0.2) is 79.1 Å². The zero-order chi connectivity index (χ0) is 19.5. The Morgan fingerprint density at radius 2 is 1.71 bits per heavy atom. The Hall–Kier alpha value is -3.53. The van der Waals surface area contributed by atoms with Crippen LogP contribution in [0.3, 0.4) is 0 Å². The van der Waals surface area contributed by atoms with Crippen molar-refractivity contribution < 1.29 is 4.79 Å². The number of benzene rings is 2. The van der Waals surface area contributed by atoms with Crippen molar-refractivity contribution in [3.63, 3.8) is 0 Å². The van der Waals surface area contributed by atoms with Crippen molar-refractivity contribution in [3.8, 4) is 11.1 Å². The normalized spacial score (nSPS) is 10.8. The maximum absolute atomic E-state index is 13.4. The molecule has 2 aromatic carbocycles. The molecule has 0 N–H and O–H groups in total. The highest BCUT2D eigenvalue weighted by molar-refractivity contribution is 6.01. The minimum Gasteiger partial charge on any atom is -0.337 e. The van der Waals surface area contributed by atoms with Crippen LogP contribution in [0.2, 0.25) is 0 Å². The van der Waals surface area contributed by atoms with Crippen molar-refractivity contribution in [1.29, 1.82) is 0 Å². The first-order valence-electron chi connectivity index (χ1n) is 9.24. The van der Waals surface area contributed by atoms with Crippen molar-refractivity contribution >= 4 is 16.8 Å². The summed E-state index contributed by atoms with van der Waals surface area (Å²) in [6, 6.07) is 21.8. The van der Waals surface area contributed by atoms with Crippen LogP contribution in [-0.2, 0) is 6.54 Å². The van der Waals surface area contributed by atoms with Crippen LogP contribution in [0.5, 0.6) is 0 Å². The Balaban J connectivity index is 1.70. The number of aryl methyl sites for hydroxylation is 1. The summed E-state index contributed by atoms with van der Waals surface area (Å²) < 4.78 is 0. The second kappa shape index (κ2) is 7.61. The maximum atomic E-state index is 13.4. The summed E-state index contributed by atoms with van der Waals surface area (Å²) in [6.45, 7) is 2.39. The third-order valence-electron chi connectivity index (χ3n) is 4.93. The fraction of sp³-hybridized carbons (Fsp3) is 0.125. The molecule has 0 unspecified atom stereocenters. The van der Waals surface area contributed by atoms with Gasteiger partial charge >= 0.3 is 0 Å². The van der Waals surface area contributed by atoms with E-state index >= 15 is 0 Å². The van der Waals surface area contributed by atoms with E-state index in [1.807, 2.05) is 80.7 Å². The SMILES string of the molecule is Cc1nccc(-c2ccccc2)c1C(=O)N(C)Cc1cccc2ncccc12. The molecule has 0 saturated heterocycles. The molecule has 4 rings (SSSR count). The van der Waals surface area contributed by atoms with E-state index in [4.69, 9.17) is 0 Å². The van der Waals surface area contributed by atoms with Gasteiger partial charge in [0.25, 0.3) is 5.91 Å². The van der Waals surface area contributed by atoms with Crippen LogP contribution in [0.25, 0.3) is 22.0 Å². The summed E-state index contributed by atoms with van der Waals surface area (Å²) in [5.41, 5.74) is 5.31. The molecule has 0 radical (unpaired) electrons. The number of nitrogens with zero attached hydrogens (tertiary/aromatic N) is 3. The molecule has 0 aliphatic rings. The van der Waals surface area contributed by atoms with E-state index in [-0.39, 0.29) is 5.91 Å². The molecule has 0 aliphatic carbocycles. The van der Waals surface area contributed by atoms with E-state index in [1.165, 1.54) is 0 Å². The summed E-state index contributed by atoms with van der Waals surface area (Å²) in [5, 5.41) is 1.07. The molecular formula is C24H21N3O. The third kappa shape index (κ3) is 3.37. The number of aromatic nitrogens is 2. The average Bonchev–Trinajstić information content (AvgIpc) is 2.74. The molecule has 0 spiro atoms. The lowest BCUT2D eigenvalue weighted by Gasteiger charge is -2.21. The van der Waals surface area contributed by atoms with Crippen molar-refractivity contribution in [1.82, 2.24) is 14.9 Å². The zero-order valence-electron chi connectivity index (χ0n) is 16.0. The van der Waals surface area contributed by atoms with Gasteiger partial charge in [0.15, 0.2) is 0 Å². The van der Waals surface area contributed by atoms with Crippen LogP contribution < -0.4 is 0 Å². The summed E-state index contributed by atoms with van der Waals surface area (Å²) >= 11 is 0. The summed E-state index contributed by atoms with van der Waals surface area (Å²) in [6.07, 6.45) is 3.54. The summed E-state index contributed by atoms with van der Waals surface area (Å²) in [5.74, 6) is -0.0367. The standard InChI is InChI=1S/C24H21N3O/c1-17-23(21(13-15-25-17)18-8-4-3-5-9-18)24(28)27(2)16-19-10-6-12-22-20(19)11-7-14-26-22/h3-15H,16H2,1-2H3. The van der Waals surface area contributed by atoms with E-state index in [1.54, 1.807) is 17.3 Å². The average molecular weight is 367 g/mol. The quantitative estimate of drug-likeness (QED) is 0.516. The Morgan fingerprint density at radius 3 is 2.54 bits per heavy atom. The van der Waals surface area contributed by atoms with Gasteiger partial charge in [0.05, 0.1) is 16.8 Å². The molecule has 0 fully saturated rings. The molecular weight excluding hydrogens is 346 g/mol. The molecule has 4 aromatic rings. The summed E-state index contributed by atoms with van der Waals surface area (Å²) in [4.78, 5) is 23.9. The first-order chi connectivity index (χ1) is 13.6. The topological polar surface area (TPSA) is 46.1 Å². The fourth-order valence-electron chi connectivity index (χ4n) is 3.52. The van der Waals surface area contributed by atoms with Gasteiger partial charge in [-0.1, -0.05) is 48.5 Å². The second-order valence-corrected chi connectivity index (χ2v) is 6.83. The highest BCUT2D eigenvalue weighted by Crippen LogP contribution is 2.27. The molecule has 0 aliphatic heterocycles. The van der Waals surface area contributed by atoms with Gasteiger partial charge in [0.1, 0.15) is 0 Å². The molecule has 28 heavy (non-hydrogen) atoms. The highest BCUT2D eigenvalue weighted by atomic mass is 16.2. The molecule has 0 saturated carbocycles. The lowest BCUT2D eigenvalue weighted by Crippen LogP contribution is -2.27. The van der Waals surface area contributed by atoms with Gasteiger partial charge in [-0.3, -0.25) is 14.8 Å². The van der Waals surface area contributed by atoms with Crippen molar-refractivity contribution in [2.45, 2.75) is 13.5 Å². The van der Waals surface area contributed by atoms with Gasteiger partial charge in [-0.15, -0.1) is 0 Å². The molecule has 138 valence electrons. The Labute approximate surface area is 164 Å². The monoisotopic (exact) mass is 367 g/mol. The first-order valence-corrected chi connectivity index (χ1v) is 9.24. The van der Waals surface area contributed by atoms with Gasteiger partial charge < -0.3 is 4.90 Å². The molecule has 2 heterocycles. The van der Waals surface area contributed by atoms with Crippen LogP contribution in [-0.4, -0.2) is 27.8 Å². The molecule has 0 bridgehead atoms. The van der Waals surface area contributed by atoms with Crippen LogP contribution in [0, 0.1) is 6.92 Å². The predicted molar refractivity (Wildman–Crippen MR) is 112 cm³/mol. The van der Waals surface area contributed by atoms with Crippen LogP contribution in [0.1, 0.15) is 21.6 Å². The number of fused-ring (bicyclic) bond motifs is 1. The fourth-order valence-corrected chi connectivity index (χ4v) is 3.52. The highest BCUT2D eigenvalue weighted by Gasteiger charge is 2.20. The maximum Gasteiger partial charge on any atom is 0.256 e. The Bertz CT molecular complexity index is 1130. The lowest BCUT2D eigenvalue weighted by molar-refractivity contribution is 0.0785. The van der Waals surface area contributed by atoms with Crippen molar-refractivity contribution in [2.75, 3.05) is 7.05 Å². The molecule has 0 atom stereocenters. The zero-order valence-corrected chi connectivity index (χ0v) is 16.0. The molecule has 4 nitrogen and oxygen atoms in total. The van der Waals surface area contributed by atoms with Crippen LogP contribution in [0.4, 0.5) is 0 Å². The summed E-state index contributed by atoms with van der Waals surface area (Å²) in [7, 11) is 1.83. The minimum absolute atomic E-state index is 0.0367. The minimum atomic E-state index is -0.0367. The number of carbonyl (C=O) groups excluding carboxylic acids is 1. The number of pyridine rings is 2. The number of amides is 1. The number of hydrogen-bond donors (Lipinski definition) is 0. The largest absolute Gasteiger partial charge is 0.337 e. The predicted octanol–water partition coefficient (Wildman–Crippen LogP) is 4.88. The molecule has 4 heteroatoms. The molecule has 1 amide bonds. The van der Waals surface area contributed by atoms with E-state index in [0.717, 1.165) is 33.3 Å². The van der Waals surface area contributed by atoms with Crippen LogP contribution >= 0.6 is 0 Å². The Kier molecular flexibility index (Phi) is 4.85. The van der Waals surface area contributed by atoms with Crippen molar-refractivity contribution in [3.05, 3.63) is 95.9 Å². The smallest absolute Gasteiger partial charge is 0.256 e. The number of carbonyl (C=O) groups is 1. The van der Waals surface area contributed by atoms with Gasteiger partial charge in [-0.25, -0.2) is 0 Å². The lowest BCUT2D eigenvalue weighted by atomic mass is 9.98.